The van der Waals surface area contributed by atoms with Gasteiger partial charge in [-0.05, 0) is 30.7 Å². The molecule has 0 fully saturated rings. The third kappa shape index (κ3) is 3.08. The van der Waals surface area contributed by atoms with Crippen LogP contribution >= 0.6 is 15.9 Å². The van der Waals surface area contributed by atoms with Crippen molar-refractivity contribution in [2.24, 2.45) is 0 Å². The fraction of sp³-hybridized carbons (Fsp3) is 0.0833. The lowest BCUT2D eigenvalue weighted by Gasteiger charge is -2.08. The lowest BCUT2D eigenvalue weighted by molar-refractivity contribution is 1.34. The Hall–Kier alpha value is -2.29. The number of nitrogens with zero attached hydrogens (tertiary/aromatic N) is 3. The maximum Gasteiger partial charge on any atom is 0.163 e. The van der Waals surface area contributed by atoms with Gasteiger partial charge >= 0.3 is 0 Å². The van der Waals surface area contributed by atoms with Crippen LogP contribution in [0.1, 0.15) is 5.56 Å². The van der Waals surface area contributed by atoms with E-state index in [0.29, 0.717) is 5.69 Å². The number of rotatable bonds is 2. The Morgan fingerprint density at radius 1 is 1.18 bits per heavy atom. The van der Waals surface area contributed by atoms with Crippen LogP contribution in [0.4, 0.5) is 5.69 Å². The fourth-order valence-corrected chi connectivity index (χ4v) is 1.66. The second-order valence-electron chi connectivity index (χ2n) is 3.17. The van der Waals surface area contributed by atoms with Crippen LogP contribution in [-0.2, 0) is 0 Å². The molecule has 0 aromatic heterocycles. The van der Waals surface area contributed by atoms with Crippen molar-refractivity contribution in [3.63, 3.8) is 0 Å². The van der Waals surface area contributed by atoms with Gasteiger partial charge < -0.3 is 5.32 Å². The molecule has 4 nitrogen and oxygen atoms in total. The summed E-state index contributed by atoms with van der Waals surface area (Å²) in [5, 5.41) is 29.0. The van der Waals surface area contributed by atoms with Gasteiger partial charge in [0, 0.05) is 10.2 Å². The molecule has 0 saturated carbocycles. The van der Waals surface area contributed by atoms with Gasteiger partial charge in [0.25, 0.3) is 0 Å². The van der Waals surface area contributed by atoms with Crippen molar-refractivity contribution in [1.29, 1.82) is 15.8 Å². The van der Waals surface area contributed by atoms with Gasteiger partial charge in [-0.3, -0.25) is 0 Å². The minimum absolute atomic E-state index is 0.0413. The molecule has 17 heavy (non-hydrogen) atoms. The van der Waals surface area contributed by atoms with Crippen molar-refractivity contribution in [3.05, 3.63) is 39.5 Å². The standard InChI is InChI=1S/C12H7BrN4/c1-8-4-10(13)2-3-11(8)17-12(7-16)9(5-14)6-15/h2-4,17H,1H3. The van der Waals surface area contributed by atoms with Crippen LogP contribution in [-0.4, -0.2) is 0 Å². The van der Waals surface area contributed by atoms with Crippen LogP contribution in [0.2, 0.25) is 0 Å². The maximum absolute atomic E-state index is 8.88. The molecule has 0 aliphatic rings. The summed E-state index contributed by atoms with van der Waals surface area (Å²) in [6.45, 7) is 1.86. The van der Waals surface area contributed by atoms with Gasteiger partial charge in [0.2, 0.25) is 0 Å². The summed E-state index contributed by atoms with van der Waals surface area (Å²) in [4.78, 5) is 0. The highest BCUT2D eigenvalue weighted by Crippen LogP contribution is 2.21. The third-order valence-electron chi connectivity index (χ3n) is 2.03. The molecule has 82 valence electrons. The molecule has 0 amide bonds. The van der Waals surface area contributed by atoms with E-state index in [9.17, 15) is 0 Å². The first-order valence-electron chi connectivity index (χ1n) is 4.60. The molecule has 0 radical (unpaired) electrons. The monoisotopic (exact) mass is 286 g/mol. The number of nitriles is 3. The Labute approximate surface area is 108 Å². The van der Waals surface area contributed by atoms with Crippen molar-refractivity contribution >= 4 is 21.6 Å². The molecule has 0 atom stereocenters. The number of benzene rings is 1. The van der Waals surface area contributed by atoms with Crippen LogP contribution in [0.25, 0.3) is 0 Å². The Morgan fingerprint density at radius 3 is 2.29 bits per heavy atom. The molecule has 0 unspecified atom stereocenters. The van der Waals surface area contributed by atoms with Gasteiger partial charge in [-0.1, -0.05) is 15.9 Å². The number of halogens is 1. The summed E-state index contributed by atoms with van der Waals surface area (Å²) in [7, 11) is 0. The Balaban J connectivity index is 3.16. The Kier molecular flexibility index (Phi) is 4.29. The predicted octanol–water partition coefficient (Wildman–Crippen LogP) is 2.99. The summed E-state index contributed by atoms with van der Waals surface area (Å²) in [6.07, 6.45) is 0. The van der Waals surface area contributed by atoms with Gasteiger partial charge in [0.05, 0.1) is 0 Å². The van der Waals surface area contributed by atoms with E-state index in [1.165, 1.54) is 0 Å². The van der Waals surface area contributed by atoms with E-state index in [-0.39, 0.29) is 11.3 Å². The summed E-state index contributed by atoms with van der Waals surface area (Å²) in [6, 6.07) is 10.6. The number of hydrogen-bond acceptors (Lipinski definition) is 4. The van der Waals surface area contributed by atoms with Crippen LogP contribution in [0.15, 0.2) is 33.9 Å². The highest BCUT2D eigenvalue weighted by Gasteiger charge is 2.07. The van der Waals surface area contributed by atoms with Gasteiger partial charge in [-0.2, -0.15) is 15.8 Å². The van der Waals surface area contributed by atoms with Gasteiger partial charge in [-0.15, -0.1) is 0 Å². The smallest absolute Gasteiger partial charge is 0.163 e. The fourth-order valence-electron chi connectivity index (χ4n) is 1.19. The van der Waals surface area contributed by atoms with E-state index >= 15 is 0 Å². The number of nitrogens with one attached hydrogen (secondary N) is 1. The molecule has 1 rings (SSSR count). The molecule has 5 heteroatoms. The molecule has 0 bridgehead atoms. The highest BCUT2D eigenvalue weighted by molar-refractivity contribution is 9.10. The van der Waals surface area contributed by atoms with Gasteiger partial charge in [-0.25, -0.2) is 0 Å². The summed E-state index contributed by atoms with van der Waals surface area (Å²) >= 11 is 3.33. The zero-order chi connectivity index (χ0) is 12.8. The molecular formula is C12H7BrN4. The minimum Gasteiger partial charge on any atom is -0.345 e. The van der Waals surface area contributed by atoms with E-state index in [1.54, 1.807) is 24.3 Å². The highest BCUT2D eigenvalue weighted by atomic mass is 79.9. The summed E-state index contributed by atoms with van der Waals surface area (Å²) in [5.74, 6) is 0. The first kappa shape index (κ1) is 12.8. The Morgan fingerprint density at radius 2 is 1.82 bits per heavy atom. The second-order valence-corrected chi connectivity index (χ2v) is 4.09. The zero-order valence-corrected chi connectivity index (χ0v) is 10.5. The van der Waals surface area contributed by atoms with E-state index in [4.69, 9.17) is 15.8 Å². The SMILES string of the molecule is Cc1cc(Br)ccc1NC(C#N)=C(C#N)C#N. The van der Waals surface area contributed by atoms with Crippen molar-refractivity contribution in [2.45, 2.75) is 6.92 Å². The average Bonchev–Trinajstić information content (AvgIpc) is 2.32. The maximum atomic E-state index is 8.88. The number of allylic oxidation sites excluding steroid dienone is 2. The molecule has 0 aliphatic carbocycles. The zero-order valence-electron chi connectivity index (χ0n) is 8.95. The normalized spacial score (nSPS) is 8.41. The van der Waals surface area contributed by atoms with Crippen molar-refractivity contribution in [3.8, 4) is 18.2 Å². The van der Waals surface area contributed by atoms with E-state index in [0.717, 1.165) is 10.0 Å². The average molecular weight is 287 g/mol. The largest absolute Gasteiger partial charge is 0.345 e. The quantitative estimate of drug-likeness (QED) is 0.847. The predicted molar refractivity (Wildman–Crippen MR) is 66.4 cm³/mol. The summed E-state index contributed by atoms with van der Waals surface area (Å²) < 4.78 is 0.920. The molecule has 1 aromatic rings. The van der Waals surface area contributed by atoms with Crippen LogP contribution in [0.5, 0.6) is 0 Å². The lowest BCUT2D eigenvalue weighted by atomic mass is 10.2. The van der Waals surface area contributed by atoms with Gasteiger partial charge in [0.15, 0.2) is 5.57 Å². The molecule has 0 saturated heterocycles. The van der Waals surface area contributed by atoms with Crippen molar-refractivity contribution in [2.75, 3.05) is 5.32 Å². The Bertz CT molecular complexity index is 580. The van der Waals surface area contributed by atoms with E-state index < -0.39 is 0 Å². The molecule has 0 spiro atoms. The first-order valence-corrected chi connectivity index (χ1v) is 5.39. The van der Waals surface area contributed by atoms with Crippen LogP contribution in [0, 0.1) is 40.9 Å². The summed E-state index contributed by atoms with van der Waals surface area (Å²) in [5.41, 5.74) is 1.32. The van der Waals surface area contributed by atoms with Crippen LogP contribution < -0.4 is 5.32 Å². The van der Waals surface area contributed by atoms with Crippen molar-refractivity contribution in [1.82, 2.24) is 0 Å². The number of hydrogen-bond donors (Lipinski definition) is 1. The molecular weight excluding hydrogens is 280 g/mol. The molecule has 1 N–H and O–H groups in total. The second kappa shape index (κ2) is 5.70. The molecule has 1 aromatic carbocycles. The van der Waals surface area contributed by atoms with Crippen molar-refractivity contribution < 1.29 is 0 Å². The first-order chi connectivity index (χ1) is 8.12. The number of aryl methyl sites for hydroxylation is 1. The third-order valence-corrected chi connectivity index (χ3v) is 2.53. The topological polar surface area (TPSA) is 83.4 Å². The molecule has 0 aliphatic heterocycles. The lowest BCUT2D eigenvalue weighted by Crippen LogP contribution is -2.02. The van der Waals surface area contributed by atoms with Crippen LogP contribution in [0.3, 0.4) is 0 Å². The number of anilines is 1. The van der Waals surface area contributed by atoms with Gasteiger partial charge in [0.1, 0.15) is 23.9 Å². The minimum atomic E-state index is -0.227. The van der Waals surface area contributed by atoms with E-state index in [1.807, 2.05) is 19.1 Å². The molecule has 0 heterocycles. The van der Waals surface area contributed by atoms with E-state index in [2.05, 4.69) is 21.2 Å².